The van der Waals surface area contributed by atoms with Crippen LogP contribution in [0.2, 0.25) is 0 Å². The third-order valence-corrected chi connectivity index (χ3v) is 2.15. The summed E-state index contributed by atoms with van der Waals surface area (Å²) in [4.78, 5) is 16.6. The summed E-state index contributed by atoms with van der Waals surface area (Å²) in [5.41, 5.74) is 0.875. The number of carbonyl (C=O) groups excluding carboxylic acids is 1. The molecule has 0 saturated heterocycles. The smallest absolute Gasteiger partial charge is 0.255 e. The maximum absolute atomic E-state index is 11.7. The molecule has 0 atom stereocenters. The number of hydrogen-bond donors (Lipinski definition) is 0. The monoisotopic (exact) mass is 229 g/mol. The predicted molar refractivity (Wildman–Crippen MR) is 47.7 cm³/mol. The molecule has 0 bridgehead atoms. The maximum atomic E-state index is 11.7. The second-order valence-corrected chi connectivity index (χ2v) is 3.45. The van der Waals surface area contributed by atoms with Crippen molar-refractivity contribution in [3.63, 3.8) is 0 Å². The Morgan fingerprint density at radius 3 is 3.42 bits per heavy atom. The fraction of sp³-hybridized carbons (Fsp3) is 0.250. The van der Waals surface area contributed by atoms with Crippen molar-refractivity contribution in [2.45, 2.75) is 6.54 Å². The average molecular weight is 230 g/mol. The predicted octanol–water partition coefficient (Wildman–Crippen LogP) is 1.43. The summed E-state index contributed by atoms with van der Waals surface area (Å²) in [6, 6.07) is 1.59. The van der Waals surface area contributed by atoms with Crippen LogP contribution in [-0.2, 0) is 6.54 Å². The number of fused-ring (bicyclic) bond motifs is 1. The van der Waals surface area contributed by atoms with Crippen LogP contribution in [0, 0.1) is 0 Å². The first-order valence-electron chi connectivity index (χ1n) is 4.86. The van der Waals surface area contributed by atoms with Gasteiger partial charge in [-0.3, -0.25) is 9.78 Å². The third kappa shape index (κ3) is 1.03. The van der Waals surface area contributed by atoms with E-state index in [2.05, 4.69) is 20.9 Å². The lowest BCUT2D eigenvalue weighted by Crippen LogP contribution is -2.17. The van der Waals surface area contributed by atoms with Crippen LogP contribution in [0.1, 0.15) is 20.2 Å². The minimum atomic E-state index is -2.40. The summed E-state index contributed by atoms with van der Waals surface area (Å²) in [7, 11) is 0. The van der Waals surface area contributed by atoms with Crippen molar-refractivity contribution in [2.75, 3.05) is 6.98 Å². The zero-order valence-electron chi connectivity index (χ0n) is 9.04. The second-order valence-electron chi connectivity index (χ2n) is 2.54. The Balaban J connectivity index is 2.42. The highest BCUT2D eigenvalue weighted by atomic mass is 79.9. The molecule has 1 aliphatic rings. The summed E-state index contributed by atoms with van der Waals surface area (Å²) in [5.74, 6) is -0.487. The molecular formula is C8H7BrN2O. The number of amides is 1. The van der Waals surface area contributed by atoms with Crippen molar-refractivity contribution in [3.05, 3.63) is 28.0 Å². The molecule has 0 spiro atoms. The summed E-state index contributed by atoms with van der Waals surface area (Å²) in [6.45, 7) is -2.35. The van der Waals surface area contributed by atoms with E-state index in [9.17, 15) is 4.79 Å². The van der Waals surface area contributed by atoms with Gasteiger partial charge in [-0.05, 0) is 22.0 Å². The molecule has 4 heteroatoms. The SMILES string of the molecule is [2H]C([2H])([2H])N1Cc2ncc(Br)cc2C1=O. The largest absolute Gasteiger partial charge is 0.336 e. The average Bonchev–Trinajstić information content (AvgIpc) is 2.43. The molecule has 0 saturated carbocycles. The van der Waals surface area contributed by atoms with Crippen LogP contribution in [-0.4, -0.2) is 22.8 Å². The van der Waals surface area contributed by atoms with Crippen molar-refractivity contribution in [3.8, 4) is 0 Å². The number of hydrogen-bond acceptors (Lipinski definition) is 2. The molecule has 1 aromatic rings. The van der Waals surface area contributed by atoms with Crippen molar-refractivity contribution >= 4 is 21.8 Å². The van der Waals surface area contributed by atoms with E-state index in [1.807, 2.05) is 0 Å². The number of carbonyl (C=O) groups is 1. The Labute approximate surface area is 82.7 Å². The van der Waals surface area contributed by atoms with Crippen LogP contribution < -0.4 is 0 Å². The Hall–Kier alpha value is -0.900. The summed E-state index contributed by atoms with van der Waals surface area (Å²) < 4.78 is 22.2. The number of nitrogens with zero attached hydrogens (tertiary/aromatic N) is 2. The van der Waals surface area contributed by atoms with Gasteiger partial charge in [0.05, 0.1) is 17.8 Å². The van der Waals surface area contributed by atoms with Gasteiger partial charge in [0, 0.05) is 21.8 Å². The van der Waals surface area contributed by atoms with Crippen LogP contribution >= 0.6 is 15.9 Å². The molecule has 0 radical (unpaired) electrons. The van der Waals surface area contributed by atoms with Crippen LogP contribution in [0.4, 0.5) is 0 Å². The molecule has 2 heterocycles. The number of halogens is 1. The van der Waals surface area contributed by atoms with Crippen molar-refractivity contribution in [1.29, 1.82) is 0 Å². The highest BCUT2D eigenvalue weighted by Crippen LogP contribution is 2.22. The van der Waals surface area contributed by atoms with E-state index in [4.69, 9.17) is 4.11 Å². The third-order valence-electron chi connectivity index (χ3n) is 1.72. The first-order valence-corrected chi connectivity index (χ1v) is 4.15. The fourth-order valence-electron chi connectivity index (χ4n) is 1.15. The van der Waals surface area contributed by atoms with Crippen LogP contribution in [0.5, 0.6) is 0 Å². The van der Waals surface area contributed by atoms with Gasteiger partial charge in [0.1, 0.15) is 0 Å². The quantitative estimate of drug-likeness (QED) is 0.675. The second kappa shape index (κ2) is 2.55. The lowest BCUT2D eigenvalue weighted by molar-refractivity contribution is 0.0816. The highest BCUT2D eigenvalue weighted by molar-refractivity contribution is 9.10. The molecule has 0 unspecified atom stereocenters. The van der Waals surface area contributed by atoms with Crippen molar-refractivity contribution < 1.29 is 8.91 Å². The summed E-state index contributed by atoms with van der Waals surface area (Å²) >= 11 is 3.19. The Kier molecular flexibility index (Phi) is 1.06. The lowest BCUT2D eigenvalue weighted by Gasteiger charge is -2.03. The molecule has 0 aromatic carbocycles. The molecule has 62 valence electrons. The topological polar surface area (TPSA) is 33.2 Å². The van der Waals surface area contributed by atoms with E-state index in [0.717, 1.165) is 4.90 Å². The molecule has 3 nitrogen and oxygen atoms in total. The Bertz CT molecular complexity index is 432. The minimum absolute atomic E-state index is 0.0535. The minimum Gasteiger partial charge on any atom is -0.336 e. The van der Waals surface area contributed by atoms with E-state index < -0.39 is 12.9 Å². The highest BCUT2D eigenvalue weighted by Gasteiger charge is 2.25. The van der Waals surface area contributed by atoms with Gasteiger partial charge in [0.25, 0.3) is 5.91 Å². The molecule has 12 heavy (non-hydrogen) atoms. The van der Waals surface area contributed by atoms with Gasteiger partial charge in [0.2, 0.25) is 0 Å². The van der Waals surface area contributed by atoms with E-state index in [-0.39, 0.29) is 6.54 Å². The Morgan fingerprint density at radius 1 is 1.83 bits per heavy atom. The maximum Gasteiger partial charge on any atom is 0.255 e. The molecule has 0 fully saturated rings. The normalized spacial score (nSPS) is 19.9. The zero-order valence-corrected chi connectivity index (χ0v) is 7.63. The first-order chi connectivity index (χ1) is 6.89. The van der Waals surface area contributed by atoms with Crippen LogP contribution in [0.25, 0.3) is 0 Å². The number of rotatable bonds is 0. The summed E-state index contributed by atoms with van der Waals surface area (Å²) in [5, 5.41) is 0. The van der Waals surface area contributed by atoms with Crippen molar-refractivity contribution in [1.82, 2.24) is 9.88 Å². The van der Waals surface area contributed by atoms with Gasteiger partial charge >= 0.3 is 0 Å². The Morgan fingerprint density at radius 2 is 2.67 bits per heavy atom. The molecule has 0 N–H and O–H groups in total. The molecule has 2 rings (SSSR count). The van der Waals surface area contributed by atoms with Crippen molar-refractivity contribution in [2.24, 2.45) is 0 Å². The van der Waals surface area contributed by atoms with Gasteiger partial charge in [-0.15, -0.1) is 0 Å². The van der Waals surface area contributed by atoms with Gasteiger partial charge in [-0.25, -0.2) is 0 Å². The van der Waals surface area contributed by atoms with Crippen LogP contribution in [0.3, 0.4) is 0 Å². The van der Waals surface area contributed by atoms with E-state index in [1.165, 1.54) is 0 Å². The number of pyridine rings is 1. The van der Waals surface area contributed by atoms with E-state index in [1.54, 1.807) is 12.3 Å². The van der Waals surface area contributed by atoms with E-state index in [0.29, 0.717) is 15.7 Å². The van der Waals surface area contributed by atoms with Gasteiger partial charge < -0.3 is 4.90 Å². The molecular weight excluding hydrogens is 220 g/mol. The van der Waals surface area contributed by atoms with E-state index >= 15 is 0 Å². The molecule has 1 aliphatic heterocycles. The first kappa shape index (κ1) is 4.97. The zero-order chi connectivity index (χ0) is 11.2. The van der Waals surface area contributed by atoms with Gasteiger partial charge in [-0.1, -0.05) is 0 Å². The molecule has 0 aliphatic carbocycles. The lowest BCUT2D eigenvalue weighted by atomic mass is 10.2. The summed E-state index contributed by atoms with van der Waals surface area (Å²) in [6.07, 6.45) is 1.55. The van der Waals surface area contributed by atoms with Gasteiger partial charge in [0.15, 0.2) is 0 Å². The number of aromatic nitrogens is 1. The van der Waals surface area contributed by atoms with Gasteiger partial charge in [-0.2, -0.15) is 0 Å². The molecule has 1 amide bonds. The molecule has 1 aromatic heterocycles. The standard InChI is InChI=1S/C8H7BrN2O/c1-11-4-7-6(8(11)12)2-5(9)3-10-7/h2-3H,4H2,1H3/i1D3. The fourth-order valence-corrected chi connectivity index (χ4v) is 1.48. The van der Waals surface area contributed by atoms with Crippen LogP contribution in [0.15, 0.2) is 16.7 Å².